The molecule has 0 aliphatic carbocycles. The summed E-state index contributed by atoms with van der Waals surface area (Å²) in [5.74, 6) is 0. The molecular weight excluding hydrogens is 230 g/mol. The topological polar surface area (TPSA) is 23.5 Å². The number of aliphatic hydroxyl groups excluding tert-OH is 1. The summed E-state index contributed by atoms with van der Waals surface area (Å²) in [5.41, 5.74) is 0. The highest BCUT2D eigenvalue weighted by atomic mass is 32.1. The lowest BCUT2D eigenvalue weighted by atomic mass is 10.2. The molecule has 1 aromatic carbocycles. The summed E-state index contributed by atoms with van der Waals surface area (Å²) in [6.07, 6.45) is 2.36. The smallest absolute Gasteiger partial charge is 0.0587 e. The maximum absolute atomic E-state index is 9.32. The minimum atomic E-state index is 0.297. The lowest BCUT2D eigenvalue weighted by molar-refractivity contribution is 0.154. The molecule has 1 saturated heterocycles. The fourth-order valence-corrected chi connectivity index (χ4v) is 3.72. The minimum Gasteiger partial charge on any atom is -0.395 e. The van der Waals surface area contributed by atoms with Gasteiger partial charge in [0.2, 0.25) is 0 Å². The second-order valence-corrected chi connectivity index (χ2v) is 5.87. The second-order valence-electron chi connectivity index (χ2n) is 4.70. The highest BCUT2D eigenvalue weighted by molar-refractivity contribution is 7.19. The van der Waals surface area contributed by atoms with Gasteiger partial charge in [0.15, 0.2) is 0 Å². The first kappa shape index (κ1) is 11.2. The van der Waals surface area contributed by atoms with E-state index in [9.17, 15) is 5.11 Å². The number of thiophene rings is 1. The van der Waals surface area contributed by atoms with Crippen molar-refractivity contribution in [2.75, 3.05) is 13.2 Å². The number of benzene rings is 1. The molecule has 2 heterocycles. The zero-order valence-electron chi connectivity index (χ0n) is 9.80. The molecule has 1 aliphatic heterocycles. The van der Waals surface area contributed by atoms with Gasteiger partial charge in [-0.1, -0.05) is 18.2 Å². The van der Waals surface area contributed by atoms with Crippen LogP contribution in [0.5, 0.6) is 0 Å². The van der Waals surface area contributed by atoms with Crippen molar-refractivity contribution in [3.8, 4) is 0 Å². The summed E-state index contributed by atoms with van der Waals surface area (Å²) < 4.78 is 1.36. The summed E-state index contributed by atoms with van der Waals surface area (Å²) in [5, 5.41) is 10.7. The standard InChI is InChI=1S/C14H17NOS/c16-10-12-5-3-7-15(12)9-13-8-11-4-1-2-6-14(11)17-13/h1-2,4,6,8,12,16H,3,5,7,9-10H2/t12-/m1/s1. The van der Waals surface area contributed by atoms with Crippen molar-refractivity contribution >= 4 is 21.4 Å². The van der Waals surface area contributed by atoms with Crippen LogP contribution in [-0.2, 0) is 6.54 Å². The molecule has 1 N–H and O–H groups in total. The molecule has 1 fully saturated rings. The Morgan fingerprint density at radius 1 is 1.35 bits per heavy atom. The molecule has 1 atom stereocenters. The molecule has 0 bridgehead atoms. The van der Waals surface area contributed by atoms with Crippen LogP contribution in [0.2, 0.25) is 0 Å². The van der Waals surface area contributed by atoms with E-state index in [0.29, 0.717) is 12.6 Å². The fourth-order valence-electron chi connectivity index (χ4n) is 2.63. The quantitative estimate of drug-likeness (QED) is 0.901. The predicted molar refractivity (Wildman–Crippen MR) is 72.3 cm³/mol. The largest absolute Gasteiger partial charge is 0.395 e. The van der Waals surface area contributed by atoms with E-state index in [4.69, 9.17) is 0 Å². The molecule has 90 valence electrons. The lowest BCUT2D eigenvalue weighted by Gasteiger charge is -2.21. The number of fused-ring (bicyclic) bond motifs is 1. The molecule has 0 saturated carbocycles. The Morgan fingerprint density at radius 3 is 3.06 bits per heavy atom. The molecule has 0 radical (unpaired) electrons. The Hall–Kier alpha value is -0.900. The molecule has 1 aromatic heterocycles. The SMILES string of the molecule is OC[C@H]1CCCN1Cc1cc2ccccc2s1. The summed E-state index contributed by atoms with van der Waals surface area (Å²) in [7, 11) is 0. The monoisotopic (exact) mass is 247 g/mol. The summed E-state index contributed by atoms with van der Waals surface area (Å²) >= 11 is 1.87. The summed E-state index contributed by atoms with van der Waals surface area (Å²) in [6.45, 7) is 2.41. The highest BCUT2D eigenvalue weighted by Crippen LogP contribution is 2.28. The number of hydrogen-bond acceptors (Lipinski definition) is 3. The fraction of sp³-hybridized carbons (Fsp3) is 0.429. The van der Waals surface area contributed by atoms with Gasteiger partial charge in [0.05, 0.1) is 6.61 Å². The first-order valence-electron chi connectivity index (χ1n) is 6.19. The van der Waals surface area contributed by atoms with Crippen molar-refractivity contribution in [2.45, 2.75) is 25.4 Å². The van der Waals surface area contributed by atoms with E-state index in [-0.39, 0.29) is 0 Å². The van der Waals surface area contributed by atoms with Crippen LogP contribution in [-0.4, -0.2) is 29.2 Å². The van der Waals surface area contributed by atoms with Gasteiger partial charge in [-0.05, 0) is 36.9 Å². The molecule has 2 aromatic rings. The third-order valence-electron chi connectivity index (χ3n) is 3.55. The van der Waals surface area contributed by atoms with Crippen LogP contribution in [0.1, 0.15) is 17.7 Å². The van der Waals surface area contributed by atoms with Crippen molar-refractivity contribution in [3.63, 3.8) is 0 Å². The zero-order chi connectivity index (χ0) is 11.7. The molecule has 2 nitrogen and oxygen atoms in total. The van der Waals surface area contributed by atoms with E-state index in [0.717, 1.165) is 19.5 Å². The van der Waals surface area contributed by atoms with Gasteiger partial charge in [-0.15, -0.1) is 11.3 Å². The average Bonchev–Trinajstić information content (AvgIpc) is 2.94. The molecule has 3 heteroatoms. The maximum Gasteiger partial charge on any atom is 0.0587 e. The van der Waals surface area contributed by atoms with E-state index >= 15 is 0 Å². The van der Waals surface area contributed by atoms with Gasteiger partial charge in [-0.3, -0.25) is 4.90 Å². The number of aliphatic hydroxyl groups is 1. The van der Waals surface area contributed by atoms with Crippen LogP contribution >= 0.6 is 11.3 Å². The Morgan fingerprint density at radius 2 is 2.24 bits per heavy atom. The predicted octanol–water partition coefficient (Wildman–Crippen LogP) is 2.86. The number of hydrogen-bond donors (Lipinski definition) is 1. The van der Waals surface area contributed by atoms with Gasteiger partial charge in [0, 0.05) is 22.2 Å². The van der Waals surface area contributed by atoms with E-state index in [1.54, 1.807) is 0 Å². The first-order chi connectivity index (χ1) is 8.36. The van der Waals surface area contributed by atoms with Crippen molar-refractivity contribution in [2.24, 2.45) is 0 Å². The van der Waals surface area contributed by atoms with Gasteiger partial charge in [-0.25, -0.2) is 0 Å². The average molecular weight is 247 g/mol. The van der Waals surface area contributed by atoms with Crippen LogP contribution in [0.4, 0.5) is 0 Å². The van der Waals surface area contributed by atoms with Crippen molar-refractivity contribution in [1.82, 2.24) is 4.90 Å². The van der Waals surface area contributed by atoms with Crippen LogP contribution in [0, 0.1) is 0 Å². The minimum absolute atomic E-state index is 0.297. The van der Waals surface area contributed by atoms with Crippen molar-refractivity contribution in [3.05, 3.63) is 35.2 Å². The Bertz CT molecular complexity index is 475. The van der Waals surface area contributed by atoms with E-state index in [1.807, 2.05) is 11.3 Å². The zero-order valence-corrected chi connectivity index (χ0v) is 10.6. The second kappa shape index (κ2) is 4.77. The van der Waals surface area contributed by atoms with Crippen molar-refractivity contribution in [1.29, 1.82) is 0 Å². The van der Waals surface area contributed by atoms with Crippen molar-refractivity contribution < 1.29 is 5.11 Å². The van der Waals surface area contributed by atoms with Gasteiger partial charge < -0.3 is 5.11 Å². The number of nitrogens with zero attached hydrogens (tertiary/aromatic N) is 1. The Labute approximate surface area is 105 Å². The lowest BCUT2D eigenvalue weighted by Crippen LogP contribution is -2.31. The van der Waals surface area contributed by atoms with Gasteiger partial charge in [0.25, 0.3) is 0 Å². The molecule has 0 amide bonds. The third-order valence-corrected chi connectivity index (χ3v) is 4.65. The van der Waals surface area contributed by atoms with Gasteiger partial charge in [0.1, 0.15) is 0 Å². The molecule has 1 aliphatic rings. The van der Waals surface area contributed by atoms with Crippen LogP contribution in [0.25, 0.3) is 10.1 Å². The summed E-state index contributed by atoms with van der Waals surface area (Å²) in [4.78, 5) is 3.82. The highest BCUT2D eigenvalue weighted by Gasteiger charge is 2.23. The number of likely N-dealkylation sites (tertiary alicyclic amines) is 1. The van der Waals surface area contributed by atoms with Gasteiger partial charge >= 0.3 is 0 Å². The first-order valence-corrected chi connectivity index (χ1v) is 7.01. The Kier molecular flexibility index (Phi) is 3.14. The molecule has 17 heavy (non-hydrogen) atoms. The van der Waals surface area contributed by atoms with Crippen LogP contribution < -0.4 is 0 Å². The summed E-state index contributed by atoms with van der Waals surface area (Å²) in [6, 6.07) is 11.2. The van der Waals surface area contributed by atoms with E-state index < -0.39 is 0 Å². The Balaban J connectivity index is 1.80. The molecule has 0 spiro atoms. The van der Waals surface area contributed by atoms with E-state index in [2.05, 4.69) is 35.2 Å². The molecule has 0 unspecified atom stereocenters. The van der Waals surface area contributed by atoms with Crippen LogP contribution in [0.3, 0.4) is 0 Å². The van der Waals surface area contributed by atoms with E-state index in [1.165, 1.54) is 21.4 Å². The number of rotatable bonds is 3. The molecular formula is C14H17NOS. The molecule has 3 rings (SSSR count). The normalized spacial score (nSPS) is 21.4. The van der Waals surface area contributed by atoms with Gasteiger partial charge in [-0.2, -0.15) is 0 Å². The van der Waals surface area contributed by atoms with Crippen LogP contribution in [0.15, 0.2) is 30.3 Å². The maximum atomic E-state index is 9.32. The third kappa shape index (κ3) is 2.23.